The molecule has 0 amide bonds. The minimum Gasteiger partial charge on any atom is -0.493 e. The molecule has 0 aliphatic rings. The maximum atomic E-state index is 5.32. The van der Waals surface area contributed by atoms with E-state index in [0.717, 1.165) is 11.4 Å². The molecule has 2 rings (SSSR count). The highest BCUT2D eigenvalue weighted by Gasteiger charge is 2.13. The van der Waals surface area contributed by atoms with Crippen LogP contribution in [0, 0.1) is 0 Å². The Labute approximate surface area is 118 Å². The number of methoxy groups -OCH3 is 3. The predicted octanol–water partition coefficient (Wildman–Crippen LogP) is 2.06. The number of aryl methyl sites for hydroxylation is 1. The average Bonchev–Trinajstić information content (AvgIpc) is 2.89. The number of hydrogen-bond acceptors (Lipinski definition) is 5. The Morgan fingerprint density at radius 1 is 1.10 bits per heavy atom. The Balaban J connectivity index is 2.21. The largest absolute Gasteiger partial charge is 0.493 e. The molecule has 1 aromatic carbocycles. The van der Waals surface area contributed by atoms with Crippen LogP contribution in [0.4, 0.5) is 5.69 Å². The number of imidazole rings is 1. The first-order chi connectivity index (χ1) is 9.69. The summed E-state index contributed by atoms with van der Waals surface area (Å²) in [4.78, 5) is 4.08. The van der Waals surface area contributed by atoms with Crippen molar-refractivity contribution in [3.63, 3.8) is 0 Å². The molecule has 0 atom stereocenters. The molecule has 0 aliphatic carbocycles. The smallest absolute Gasteiger partial charge is 0.203 e. The summed E-state index contributed by atoms with van der Waals surface area (Å²) < 4.78 is 17.9. The highest BCUT2D eigenvalue weighted by Crippen LogP contribution is 2.39. The molecule has 6 heteroatoms. The van der Waals surface area contributed by atoms with Crippen LogP contribution < -0.4 is 19.5 Å². The number of ether oxygens (including phenoxy) is 3. The second kappa shape index (κ2) is 6.18. The van der Waals surface area contributed by atoms with Crippen molar-refractivity contribution in [2.75, 3.05) is 26.6 Å². The van der Waals surface area contributed by atoms with E-state index in [4.69, 9.17) is 14.2 Å². The third kappa shape index (κ3) is 2.79. The number of benzene rings is 1. The number of aromatic nitrogens is 2. The van der Waals surface area contributed by atoms with Crippen molar-refractivity contribution in [3.05, 3.63) is 30.4 Å². The van der Waals surface area contributed by atoms with Gasteiger partial charge in [-0.15, -0.1) is 0 Å². The fourth-order valence-electron chi connectivity index (χ4n) is 1.93. The Bertz CT molecular complexity index is 556. The van der Waals surface area contributed by atoms with E-state index in [1.54, 1.807) is 27.7 Å². The van der Waals surface area contributed by atoms with Gasteiger partial charge in [-0.1, -0.05) is 0 Å². The first-order valence-corrected chi connectivity index (χ1v) is 6.18. The first kappa shape index (κ1) is 14.0. The second-order valence-corrected chi connectivity index (χ2v) is 4.26. The number of anilines is 1. The topological polar surface area (TPSA) is 57.5 Å². The Kier molecular flexibility index (Phi) is 4.34. The number of nitrogens with one attached hydrogen (secondary N) is 1. The molecule has 20 heavy (non-hydrogen) atoms. The summed E-state index contributed by atoms with van der Waals surface area (Å²) in [6.45, 7) is 0.662. The summed E-state index contributed by atoms with van der Waals surface area (Å²) in [6, 6.07) is 3.75. The summed E-state index contributed by atoms with van der Waals surface area (Å²) >= 11 is 0. The van der Waals surface area contributed by atoms with Gasteiger partial charge in [0.2, 0.25) is 5.75 Å². The number of nitrogens with zero attached hydrogens (tertiary/aromatic N) is 2. The van der Waals surface area contributed by atoms with E-state index in [1.165, 1.54) is 0 Å². The maximum Gasteiger partial charge on any atom is 0.203 e. The minimum absolute atomic E-state index is 0.584. The molecule has 0 fully saturated rings. The van der Waals surface area contributed by atoms with Crippen LogP contribution in [0.2, 0.25) is 0 Å². The quantitative estimate of drug-likeness (QED) is 0.876. The maximum absolute atomic E-state index is 5.32. The molecule has 6 nitrogen and oxygen atoms in total. The van der Waals surface area contributed by atoms with Crippen LogP contribution in [0.1, 0.15) is 5.69 Å². The van der Waals surface area contributed by atoms with Gasteiger partial charge in [-0.3, -0.25) is 0 Å². The third-order valence-electron chi connectivity index (χ3n) is 3.05. The summed E-state index contributed by atoms with van der Waals surface area (Å²) in [5.74, 6) is 1.83. The van der Waals surface area contributed by atoms with Crippen molar-refractivity contribution in [3.8, 4) is 17.2 Å². The van der Waals surface area contributed by atoms with Crippen molar-refractivity contribution in [2.24, 2.45) is 7.05 Å². The third-order valence-corrected chi connectivity index (χ3v) is 3.05. The molecule has 1 N–H and O–H groups in total. The lowest BCUT2D eigenvalue weighted by Gasteiger charge is -2.15. The zero-order valence-electron chi connectivity index (χ0n) is 12.1. The molecule has 0 unspecified atom stereocenters. The van der Waals surface area contributed by atoms with Crippen LogP contribution in [-0.2, 0) is 13.6 Å². The molecule has 1 aromatic heterocycles. The predicted molar refractivity (Wildman–Crippen MR) is 76.6 cm³/mol. The lowest BCUT2D eigenvalue weighted by atomic mass is 10.2. The van der Waals surface area contributed by atoms with E-state index >= 15 is 0 Å². The van der Waals surface area contributed by atoms with Gasteiger partial charge in [-0.2, -0.15) is 0 Å². The van der Waals surface area contributed by atoms with Gasteiger partial charge in [0, 0.05) is 31.1 Å². The molecular weight excluding hydrogens is 258 g/mol. The average molecular weight is 277 g/mol. The molecule has 108 valence electrons. The van der Waals surface area contributed by atoms with Crippen LogP contribution in [0.15, 0.2) is 24.7 Å². The van der Waals surface area contributed by atoms with E-state index in [0.29, 0.717) is 23.8 Å². The van der Waals surface area contributed by atoms with Gasteiger partial charge >= 0.3 is 0 Å². The molecule has 0 saturated heterocycles. The van der Waals surface area contributed by atoms with Crippen molar-refractivity contribution < 1.29 is 14.2 Å². The van der Waals surface area contributed by atoms with E-state index in [-0.39, 0.29) is 0 Å². The van der Waals surface area contributed by atoms with E-state index in [1.807, 2.05) is 29.9 Å². The van der Waals surface area contributed by atoms with Crippen molar-refractivity contribution in [1.82, 2.24) is 9.55 Å². The normalized spacial score (nSPS) is 10.2. The first-order valence-electron chi connectivity index (χ1n) is 6.18. The SMILES string of the molecule is COc1cc(NCc2cncn2C)cc(OC)c1OC. The highest BCUT2D eigenvalue weighted by atomic mass is 16.5. The van der Waals surface area contributed by atoms with Crippen LogP contribution >= 0.6 is 0 Å². The van der Waals surface area contributed by atoms with Crippen LogP contribution in [0.3, 0.4) is 0 Å². The molecule has 2 aromatic rings. The van der Waals surface area contributed by atoms with Gasteiger partial charge in [0.15, 0.2) is 11.5 Å². The molecule has 0 spiro atoms. The van der Waals surface area contributed by atoms with Crippen LogP contribution in [0.25, 0.3) is 0 Å². The zero-order chi connectivity index (χ0) is 14.5. The van der Waals surface area contributed by atoms with Gasteiger partial charge in [0.25, 0.3) is 0 Å². The van der Waals surface area contributed by atoms with Gasteiger partial charge in [-0.25, -0.2) is 4.98 Å². The zero-order valence-corrected chi connectivity index (χ0v) is 12.1. The Morgan fingerprint density at radius 2 is 1.75 bits per heavy atom. The summed E-state index contributed by atoms with van der Waals surface area (Å²) in [7, 11) is 6.74. The lowest BCUT2D eigenvalue weighted by molar-refractivity contribution is 0.324. The minimum atomic E-state index is 0.584. The summed E-state index contributed by atoms with van der Waals surface area (Å²) in [5.41, 5.74) is 1.97. The number of hydrogen-bond donors (Lipinski definition) is 1. The molecule has 0 radical (unpaired) electrons. The standard InChI is InChI=1S/C14H19N3O3/c1-17-9-15-7-11(17)8-16-10-5-12(18-2)14(20-4)13(6-10)19-3/h5-7,9,16H,8H2,1-4H3. The van der Waals surface area contributed by atoms with Crippen molar-refractivity contribution >= 4 is 5.69 Å². The lowest BCUT2D eigenvalue weighted by Crippen LogP contribution is -2.05. The molecular formula is C14H19N3O3. The fraction of sp³-hybridized carbons (Fsp3) is 0.357. The number of rotatable bonds is 6. The Hall–Kier alpha value is -2.37. The second-order valence-electron chi connectivity index (χ2n) is 4.26. The molecule has 0 bridgehead atoms. The van der Waals surface area contributed by atoms with Crippen LogP contribution in [0.5, 0.6) is 17.2 Å². The molecule has 0 aliphatic heterocycles. The van der Waals surface area contributed by atoms with Crippen LogP contribution in [-0.4, -0.2) is 30.9 Å². The van der Waals surface area contributed by atoms with E-state index in [2.05, 4.69) is 10.3 Å². The van der Waals surface area contributed by atoms with Gasteiger partial charge < -0.3 is 24.1 Å². The summed E-state index contributed by atoms with van der Waals surface area (Å²) in [6.07, 6.45) is 3.59. The van der Waals surface area contributed by atoms with Gasteiger partial charge in [0.1, 0.15) is 0 Å². The Morgan fingerprint density at radius 3 is 2.20 bits per heavy atom. The van der Waals surface area contributed by atoms with Gasteiger partial charge in [0.05, 0.1) is 39.9 Å². The molecule has 1 heterocycles. The van der Waals surface area contributed by atoms with E-state index in [9.17, 15) is 0 Å². The van der Waals surface area contributed by atoms with E-state index < -0.39 is 0 Å². The van der Waals surface area contributed by atoms with Crippen molar-refractivity contribution in [2.45, 2.75) is 6.54 Å². The summed E-state index contributed by atoms with van der Waals surface area (Å²) in [5, 5.41) is 3.31. The van der Waals surface area contributed by atoms with Gasteiger partial charge in [-0.05, 0) is 0 Å². The molecule has 0 saturated carbocycles. The highest BCUT2D eigenvalue weighted by molar-refractivity contribution is 5.62. The van der Waals surface area contributed by atoms with Crippen molar-refractivity contribution in [1.29, 1.82) is 0 Å². The fourth-order valence-corrected chi connectivity index (χ4v) is 1.93. The monoisotopic (exact) mass is 277 g/mol.